The number of halogens is 1. The predicted molar refractivity (Wildman–Crippen MR) is 92.5 cm³/mol. The van der Waals surface area contributed by atoms with E-state index >= 15 is 0 Å². The second-order valence-electron chi connectivity index (χ2n) is 5.33. The number of rotatable bonds is 6. The van der Waals surface area contributed by atoms with E-state index in [0.717, 1.165) is 11.1 Å². The molecule has 0 aliphatic carbocycles. The third-order valence-corrected chi connectivity index (χ3v) is 3.29. The summed E-state index contributed by atoms with van der Waals surface area (Å²) in [5.41, 5.74) is 2.75. The van der Waals surface area contributed by atoms with E-state index in [0.29, 0.717) is 16.5 Å². The summed E-state index contributed by atoms with van der Waals surface area (Å²) in [5, 5.41) is 3.26. The minimum atomic E-state index is -0.625. The lowest BCUT2D eigenvalue weighted by Crippen LogP contribution is -2.23. The molecule has 0 fully saturated rings. The van der Waals surface area contributed by atoms with Crippen molar-refractivity contribution >= 4 is 29.2 Å². The number of hydrogen-bond acceptors (Lipinski definition) is 4. The maximum absolute atomic E-state index is 11.8. The first-order chi connectivity index (χ1) is 11.4. The minimum absolute atomic E-state index is 0.279. The number of benzene rings is 2. The Labute approximate surface area is 145 Å². The van der Waals surface area contributed by atoms with Crippen molar-refractivity contribution in [1.29, 1.82) is 0 Å². The number of hydrogen-bond donors (Lipinski definition) is 1. The topological polar surface area (TPSA) is 64.6 Å². The van der Waals surface area contributed by atoms with Crippen molar-refractivity contribution < 1.29 is 19.1 Å². The summed E-state index contributed by atoms with van der Waals surface area (Å²) in [4.78, 5) is 23.4. The van der Waals surface area contributed by atoms with Crippen LogP contribution in [0.3, 0.4) is 0 Å². The van der Waals surface area contributed by atoms with Crippen LogP contribution in [-0.2, 0) is 14.3 Å². The first-order valence-electron chi connectivity index (χ1n) is 7.34. The van der Waals surface area contributed by atoms with Crippen LogP contribution in [0.5, 0.6) is 5.75 Å². The Hall–Kier alpha value is -2.53. The zero-order chi connectivity index (χ0) is 17.5. The molecule has 0 heterocycles. The molecule has 2 rings (SSSR count). The molecule has 0 spiro atoms. The van der Waals surface area contributed by atoms with Gasteiger partial charge in [0.1, 0.15) is 5.75 Å². The van der Waals surface area contributed by atoms with Gasteiger partial charge in [-0.05, 0) is 61.4 Å². The molecule has 0 aliphatic rings. The van der Waals surface area contributed by atoms with Crippen LogP contribution in [0.25, 0.3) is 0 Å². The molecular weight excluding hydrogens is 330 g/mol. The molecule has 2 aromatic rings. The Morgan fingerprint density at radius 2 is 1.62 bits per heavy atom. The molecule has 0 unspecified atom stereocenters. The van der Waals surface area contributed by atoms with Gasteiger partial charge in [0.25, 0.3) is 5.91 Å². The SMILES string of the molecule is Cc1cc(C)cc(NC(=O)COC(=O)COc2ccc(Cl)cc2)c1. The highest BCUT2D eigenvalue weighted by Gasteiger charge is 2.09. The van der Waals surface area contributed by atoms with Gasteiger partial charge in [0.2, 0.25) is 0 Å². The zero-order valence-corrected chi connectivity index (χ0v) is 14.2. The largest absolute Gasteiger partial charge is 0.482 e. The summed E-state index contributed by atoms with van der Waals surface area (Å²) in [6.45, 7) is 3.24. The van der Waals surface area contributed by atoms with E-state index in [2.05, 4.69) is 5.32 Å². The molecule has 1 N–H and O–H groups in total. The quantitative estimate of drug-likeness (QED) is 0.812. The normalized spacial score (nSPS) is 10.1. The summed E-state index contributed by atoms with van der Waals surface area (Å²) >= 11 is 5.75. The number of ether oxygens (including phenoxy) is 2. The molecule has 24 heavy (non-hydrogen) atoms. The van der Waals surface area contributed by atoms with Gasteiger partial charge >= 0.3 is 5.97 Å². The fraction of sp³-hybridized carbons (Fsp3) is 0.222. The van der Waals surface area contributed by atoms with Gasteiger partial charge in [-0.15, -0.1) is 0 Å². The highest BCUT2D eigenvalue weighted by atomic mass is 35.5. The van der Waals surface area contributed by atoms with Gasteiger partial charge in [-0.2, -0.15) is 0 Å². The summed E-state index contributed by atoms with van der Waals surface area (Å²) in [5.74, 6) is -0.531. The average molecular weight is 348 g/mol. The van der Waals surface area contributed by atoms with Gasteiger partial charge in [0.05, 0.1) is 0 Å². The van der Waals surface area contributed by atoms with Gasteiger partial charge in [-0.1, -0.05) is 17.7 Å². The molecule has 0 aliphatic heterocycles. The highest BCUT2D eigenvalue weighted by Crippen LogP contribution is 2.15. The molecule has 0 saturated carbocycles. The van der Waals surface area contributed by atoms with Crippen molar-refractivity contribution in [3.05, 3.63) is 58.6 Å². The zero-order valence-electron chi connectivity index (χ0n) is 13.5. The fourth-order valence-corrected chi connectivity index (χ4v) is 2.23. The number of carbonyl (C=O) groups is 2. The van der Waals surface area contributed by atoms with Crippen LogP contribution in [-0.4, -0.2) is 25.1 Å². The number of esters is 1. The first-order valence-corrected chi connectivity index (χ1v) is 7.72. The van der Waals surface area contributed by atoms with Crippen molar-refractivity contribution in [2.24, 2.45) is 0 Å². The molecule has 0 bridgehead atoms. The van der Waals surface area contributed by atoms with E-state index < -0.39 is 11.9 Å². The van der Waals surface area contributed by atoms with Gasteiger partial charge in [0, 0.05) is 10.7 Å². The van der Waals surface area contributed by atoms with E-state index in [1.165, 1.54) is 0 Å². The molecule has 0 saturated heterocycles. The van der Waals surface area contributed by atoms with Crippen LogP contribution in [0.15, 0.2) is 42.5 Å². The Bertz CT molecular complexity index is 708. The standard InChI is InChI=1S/C18H18ClNO4/c1-12-7-13(2)9-15(8-12)20-17(21)10-24-18(22)11-23-16-5-3-14(19)4-6-16/h3-9H,10-11H2,1-2H3,(H,20,21). The molecule has 0 aromatic heterocycles. The second-order valence-corrected chi connectivity index (χ2v) is 5.76. The van der Waals surface area contributed by atoms with Crippen molar-refractivity contribution in [3.8, 4) is 5.75 Å². The van der Waals surface area contributed by atoms with E-state index in [1.807, 2.05) is 32.0 Å². The lowest BCUT2D eigenvalue weighted by Gasteiger charge is -2.09. The Morgan fingerprint density at radius 3 is 2.25 bits per heavy atom. The average Bonchev–Trinajstić information content (AvgIpc) is 2.51. The van der Waals surface area contributed by atoms with E-state index in [1.54, 1.807) is 24.3 Å². The summed E-state index contributed by atoms with van der Waals surface area (Å²) in [6, 6.07) is 12.3. The van der Waals surface area contributed by atoms with Crippen molar-refractivity contribution in [1.82, 2.24) is 0 Å². The van der Waals surface area contributed by atoms with Crippen molar-refractivity contribution in [3.63, 3.8) is 0 Å². The third-order valence-electron chi connectivity index (χ3n) is 3.04. The highest BCUT2D eigenvalue weighted by molar-refractivity contribution is 6.30. The number of nitrogens with one attached hydrogen (secondary N) is 1. The summed E-state index contributed by atoms with van der Waals surface area (Å²) in [6.07, 6.45) is 0. The van der Waals surface area contributed by atoms with Crippen LogP contribution >= 0.6 is 11.6 Å². The Morgan fingerprint density at radius 1 is 1.00 bits per heavy atom. The molecular formula is C18H18ClNO4. The number of aryl methyl sites for hydroxylation is 2. The van der Waals surface area contributed by atoms with Gasteiger partial charge < -0.3 is 14.8 Å². The number of anilines is 1. The maximum atomic E-state index is 11.8. The molecule has 6 heteroatoms. The summed E-state index contributed by atoms with van der Waals surface area (Å²) in [7, 11) is 0. The third kappa shape index (κ3) is 5.93. The fourth-order valence-electron chi connectivity index (χ4n) is 2.10. The van der Waals surface area contributed by atoms with E-state index in [-0.39, 0.29) is 13.2 Å². The summed E-state index contributed by atoms with van der Waals surface area (Å²) < 4.78 is 10.1. The van der Waals surface area contributed by atoms with Crippen molar-refractivity contribution in [2.75, 3.05) is 18.5 Å². The Kier molecular flexibility index (Phi) is 6.21. The monoisotopic (exact) mass is 347 g/mol. The molecule has 2 aromatic carbocycles. The first kappa shape index (κ1) is 17.8. The lowest BCUT2D eigenvalue weighted by atomic mass is 10.1. The minimum Gasteiger partial charge on any atom is -0.482 e. The lowest BCUT2D eigenvalue weighted by molar-refractivity contribution is -0.149. The number of amides is 1. The number of carbonyl (C=O) groups excluding carboxylic acids is 2. The maximum Gasteiger partial charge on any atom is 0.344 e. The van der Waals surface area contributed by atoms with Crippen LogP contribution in [0.1, 0.15) is 11.1 Å². The molecule has 1 amide bonds. The van der Waals surface area contributed by atoms with Crippen LogP contribution < -0.4 is 10.1 Å². The molecule has 0 radical (unpaired) electrons. The van der Waals surface area contributed by atoms with Crippen LogP contribution in [0.2, 0.25) is 5.02 Å². The van der Waals surface area contributed by atoms with Gasteiger partial charge in [0.15, 0.2) is 13.2 Å². The predicted octanol–water partition coefficient (Wildman–Crippen LogP) is 3.52. The van der Waals surface area contributed by atoms with Crippen molar-refractivity contribution in [2.45, 2.75) is 13.8 Å². The Balaban J connectivity index is 1.74. The van der Waals surface area contributed by atoms with Gasteiger partial charge in [-0.25, -0.2) is 4.79 Å². The molecule has 5 nitrogen and oxygen atoms in total. The second kappa shape index (κ2) is 8.36. The molecule has 0 atom stereocenters. The van der Waals surface area contributed by atoms with E-state index in [4.69, 9.17) is 21.1 Å². The molecule has 126 valence electrons. The van der Waals surface area contributed by atoms with Crippen LogP contribution in [0.4, 0.5) is 5.69 Å². The van der Waals surface area contributed by atoms with Gasteiger partial charge in [-0.3, -0.25) is 4.79 Å². The van der Waals surface area contributed by atoms with Crippen LogP contribution in [0, 0.1) is 13.8 Å². The van der Waals surface area contributed by atoms with E-state index in [9.17, 15) is 9.59 Å². The smallest absolute Gasteiger partial charge is 0.344 e.